The van der Waals surface area contributed by atoms with E-state index in [4.69, 9.17) is 9.26 Å². The Kier molecular flexibility index (Phi) is 5.43. The minimum absolute atomic E-state index is 0.208. The van der Waals surface area contributed by atoms with Gasteiger partial charge < -0.3 is 19.7 Å². The molecule has 0 radical (unpaired) electrons. The number of pyridine rings is 1. The first-order chi connectivity index (χ1) is 13.3. The summed E-state index contributed by atoms with van der Waals surface area (Å²) in [6.45, 7) is 1.33. The number of rotatable bonds is 8. The van der Waals surface area contributed by atoms with Gasteiger partial charge in [0, 0.05) is 31.0 Å². The maximum absolute atomic E-state index is 10.1. The molecule has 27 heavy (non-hydrogen) atoms. The predicted octanol–water partition coefficient (Wildman–Crippen LogP) is 3.48. The molecule has 0 saturated carbocycles. The Morgan fingerprint density at radius 1 is 1.19 bits per heavy atom. The number of aromatic nitrogens is 2. The van der Waals surface area contributed by atoms with Crippen LogP contribution in [0.2, 0.25) is 0 Å². The van der Waals surface area contributed by atoms with Gasteiger partial charge in [-0.15, -0.1) is 11.3 Å². The van der Waals surface area contributed by atoms with Crippen molar-refractivity contribution in [2.75, 3.05) is 13.2 Å². The van der Waals surface area contributed by atoms with E-state index in [0.717, 1.165) is 27.1 Å². The van der Waals surface area contributed by atoms with Gasteiger partial charge in [0.2, 0.25) is 0 Å². The third kappa shape index (κ3) is 4.33. The number of benzene rings is 1. The van der Waals surface area contributed by atoms with Gasteiger partial charge in [-0.3, -0.25) is 4.98 Å². The number of nitrogens with zero attached hydrogens (tertiary/aromatic N) is 2. The lowest BCUT2D eigenvalue weighted by Gasteiger charge is -2.13. The number of hydrogen-bond acceptors (Lipinski definition) is 7. The van der Waals surface area contributed by atoms with E-state index in [1.54, 1.807) is 23.7 Å². The minimum atomic E-state index is -0.605. The van der Waals surface area contributed by atoms with Gasteiger partial charge in [0.15, 0.2) is 5.58 Å². The molecule has 0 aliphatic heterocycles. The van der Waals surface area contributed by atoms with E-state index in [0.29, 0.717) is 18.8 Å². The molecule has 1 atom stereocenters. The summed E-state index contributed by atoms with van der Waals surface area (Å²) < 4.78 is 12.1. The van der Waals surface area contributed by atoms with Crippen LogP contribution in [-0.4, -0.2) is 34.5 Å². The molecule has 0 unspecified atom stereocenters. The lowest BCUT2D eigenvalue weighted by molar-refractivity contribution is 0.106. The highest BCUT2D eigenvalue weighted by molar-refractivity contribution is 7.17. The highest BCUT2D eigenvalue weighted by atomic mass is 32.1. The van der Waals surface area contributed by atoms with Crippen LogP contribution < -0.4 is 10.1 Å². The van der Waals surface area contributed by atoms with Gasteiger partial charge in [-0.05, 0) is 41.3 Å². The van der Waals surface area contributed by atoms with Gasteiger partial charge in [0.25, 0.3) is 0 Å². The molecule has 1 aromatic carbocycles. The second-order valence-electron chi connectivity index (χ2n) is 6.12. The van der Waals surface area contributed by atoms with Crippen LogP contribution in [0.3, 0.4) is 0 Å². The summed E-state index contributed by atoms with van der Waals surface area (Å²) in [5.74, 6) is 0.688. The normalized spacial score (nSPS) is 12.3. The average Bonchev–Trinajstić information content (AvgIpc) is 3.31. The van der Waals surface area contributed by atoms with Crippen LogP contribution >= 0.6 is 11.3 Å². The molecule has 0 saturated heterocycles. The lowest BCUT2D eigenvalue weighted by atomic mass is 10.1. The van der Waals surface area contributed by atoms with Crippen LogP contribution in [0.25, 0.3) is 21.5 Å². The molecule has 0 spiro atoms. The van der Waals surface area contributed by atoms with E-state index in [-0.39, 0.29) is 6.61 Å². The zero-order valence-corrected chi connectivity index (χ0v) is 15.4. The van der Waals surface area contributed by atoms with Crippen LogP contribution in [0.1, 0.15) is 5.56 Å². The molecule has 7 heteroatoms. The summed E-state index contributed by atoms with van der Waals surface area (Å²) in [6, 6.07) is 13.4. The van der Waals surface area contributed by atoms with E-state index in [2.05, 4.69) is 15.5 Å². The topological polar surface area (TPSA) is 80.4 Å². The first-order valence-electron chi connectivity index (χ1n) is 8.63. The average molecular weight is 381 g/mol. The van der Waals surface area contributed by atoms with Gasteiger partial charge in [-0.1, -0.05) is 17.3 Å². The number of aliphatic hydroxyl groups excluding tert-OH is 1. The van der Waals surface area contributed by atoms with E-state index < -0.39 is 6.10 Å². The van der Waals surface area contributed by atoms with Crippen molar-refractivity contribution in [1.29, 1.82) is 0 Å². The molecule has 0 aliphatic carbocycles. The summed E-state index contributed by atoms with van der Waals surface area (Å²) >= 11 is 1.60. The molecular weight excluding hydrogens is 362 g/mol. The lowest BCUT2D eigenvalue weighted by Crippen LogP contribution is -2.31. The van der Waals surface area contributed by atoms with Gasteiger partial charge >= 0.3 is 0 Å². The second kappa shape index (κ2) is 8.30. The van der Waals surface area contributed by atoms with Crippen LogP contribution in [-0.2, 0) is 6.54 Å². The van der Waals surface area contributed by atoms with Crippen molar-refractivity contribution in [3.63, 3.8) is 0 Å². The summed E-state index contributed by atoms with van der Waals surface area (Å²) in [4.78, 5) is 3.98. The molecule has 0 fully saturated rings. The van der Waals surface area contributed by atoms with E-state index >= 15 is 0 Å². The van der Waals surface area contributed by atoms with Gasteiger partial charge in [-0.2, -0.15) is 0 Å². The standard InChI is InChI=1S/C20H19N3O3S/c24-16(12-22-11-14-4-7-21-8-5-14)13-25-17-3-1-2-15(10-17)19-20-18(26-23-19)6-9-27-20/h1-10,16,22,24H,11-13H2/t16-/m1/s1. The summed E-state index contributed by atoms with van der Waals surface area (Å²) in [6.07, 6.45) is 2.90. The zero-order chi connectivity index (χ0) is 18.5. The first-order valence-corrected chi connectivity index (χ1v) is 9.51. The summed E-state index contributed by atoms with van der Waals surface area (Å²) in [5.41, 5.74) is 3.65. The van der Waals surface area contributed by atoms with E-state index in [9.17, 15) is 5.11 Å². The molecule has 0 bridgehead atoms. The fourth-order valence-electron chi connectivity index (χ4n) is 2.73. The van der Waals surface area contributed by atoms with Crippen molar-refractivity contribution in [3.05, 3.63) is 65.8 Å². The maximum atomic E-state index is 10.1. The molecule has 2 N–H and O–H groups in total. The molecule has 138 valence electrons. The Balaban J connectivity index is 1.31. The third-order valence-electron chi connectivity index (χ3n) is 4.09. The summed E-state index contributed by atoms with van der Waals surface area (Å²) in [7, 11) is 0. The monoisotopic (exact) mass is 381 g/mol. The Morgan fingerprint density at radius 3 is 2.96 bits per heavy atom. The van der Waals surface area contributed by atoms with Crippen LogP contribution in [0, 0.1) is 0 Å². The number of nitrogens with one attached hydrogen (secondary N) is 1. The number of fused-ring (bicyclic) bond motifs is 1. The largest absolute Gasteiger partial charge is 0.491 e. The Hall–Kier alpha value is -2.74. The molecule has 0 amide bonds. The number of aliphatic hydroxyl groups is 1. The minimum Gasteiger partial charge on any atom is -0.491 e. The number of ether oxygens (including phenoxy) is 1. The van der Waals surface area contributed by atoms with Crippen LogP contribution in [0.5, 0.6) is 5.75 Å². The van der Waals surface area contributed by atoms with Crippen molar-refractivity contribution in [2.24, 2.45) is 0 Å². The zero-order valence-electron chi connectivity index (χ0n) is 14.5. The molecular formula is C20H19N3O3S. The second-order valence-corrected chi connectivity index (χ2v) is 7.04. The SMILES string of the molecule is O[C@H](CNCc1ccncc1)COc1cccc(-c2noc3ccsc23)c1. The highest BCUT2D eigenvalue weighted by Crippen LogP contribution is 2.33. The van der Waals surface area contributed by atoms with Crippen molar-refractivity contribution >= 4 is 21.6 Å². The molecule has 3 heterocycles. The molecule has 3 aromatic heterocycles. The highest BCUT2D eigenvalue weighted by Gasteiger charge is 2.12. The van der Waals surface area contributed by atoms with Crippen molar-refractivity contribution < 1.29 is 14.4 Å². The van der Waals surface area contributed by atoms with Crippen molar-refractivity contribution in [1.82, 2.24) is 15.5 Å². The molecule has 0 aliphatic rings. The van der Waals surface area contributed by atoms with Gasteiger partial charge in [-0.25, -0.2) is 0 Å². The fraction of sp³-hybridized carbons (Fsp3) is 0.200. The fourth-order valence-corrected chi connectivity index (χ4v) is 3.55. The number of hydrogen-bond donors (Lipinski definition) is 2. The molecule has 4 aromatic rings. The van der Waals surface area contributed by atoms with Crippen LogP contribution in [0.4, 0.5) is 0 Å². The quantitative estimate of drug-likeness (QED) is 0.486. The van der Waals surface area contributed by atoms with Crippen molar-refractivity contribution in [3.8, 4) is 17.0 Å². The predicted molar refractivity (Wildman–Crippen MR) is 105 cm³/mol. The smallest absolute Gasteiger partial charge is 0.178 e. The Labute approximate surface area is 160 Å². The van der Waals surface area contributed by atoms with Gasteiger partial charge in [0.1, 0.15) is 28.9 Å². The molecule has 6 nitrogen and oxygen atoms in total. The van der Waals surface area contributed by atoms with E-state index in [1.807, 2.05) is 47.8 Å². The van der Waals surface area contributed by atoms with Gasteiger partial charge in [0.05, 0.1) is 0 Å². The summed E-state index contributed by atoms with van der Waals surface area (Å²) in [5, 5.41) is 19.5. The molecule has 4 rings (SSSR count). The Bertz CT molecular complexity index is 1000. The van der Waals surface area contributed by atoms with Crippen LogP contribution in [0.15, 0.2) is 64.8 Å². The maximum Gasteiger partial charge on any atom is 0.178 e. The van der Waals surface area contributed by atoms with Crippen molar-refractivity contribution in [2.45, 2.75) is 12.6 Å². The third-order valence-corrected chi connectivity index (χ3v) is 4.99. The first kappa shape index (κ1) is 17.7. The Morgan fingerprint density at radius 2 is 2.07 bits per heavy atom. The van der Waals surface area contributed by atoms with E-state index in [1.165, 1.54) is 0 Å². The number of thiophene rings is 1.